The van der Waals surface area contributed by atoms with E-state index < -0.39 is 5.60 Å². The van der Waals surface area contributed by atoms with Crippen molar-refractivity contribution in [2.45, 2.75) is 124 Å². The van der Waals surface area contributed by atoms with E-state index in [1.165, 1.54) is 24.0 Å². The highest BCUT2D eigenvalue weighted by Gasteiger charge is 2.71. The number of allylic oxidation sites excluding steroid dienone is 2. The molecule has 1 aromatic heterocycles. The molecule has 5 rings (SSSR count). The molecule has 0 amide bonds. The number of aliphatic hydroxyl groups excluding tert-OH is 1. The van der Waals surface area contributed by atoms with Gasteiger partial charge < -0.3 is 14.9 Å². The summed E-state index contributed by atoms with van der Waals surface area (Å²) in [6.45, 7) is 18.5. The first-order valence-electron chi connectivity index (χ1n) is 15.1. The average molecular weight is 525 g/mol. The quantitative estimate of drug-likeness (QED) is 0.422. The van der Waals surface area contributed by atoms with E-state index in [0.29, 0.717) is 17.8 Å². The zero-order valence-corrected chi connectivity index (χ0v) is 25.4. The molecule has 0 radical (unpaired) electrons. The van der Waals surface area contributed by atoms with Gasteiger partial charge in [-0.2, -0.15) is 4.98 Å². The molecule has 0 aliphatic heterocycles. The van der Waals surface area contributed by atoms with Crippen molar-refractivity contribution >= 4 is 0 Å². The second kappa shape index (κ2) is 9.03. The van der Waals surface area contributed by atoms with Crippen LogP contribution in [0.15, 0.2) is 17.8 Å². The van der Waals surface area contributed by atoms with Crippen LogP contribution in [0.25, 0.3) is 0 Å². The molecule has 0 unspecified atom stereocenters. The Labute approximate surface area is 230 Å². The summed E-state index contributed by atoms with van der Waals surface area (Å²) in [6.07, 6.45) is 11.7. The molecule has 0 spiro atoms. The van der Waals surface area contributed by atoms with Crippen LogP contribution >= 0.6 is 0 Å². The minimum atomic E-state index is -0.762. The highest BCUT2D eigenvalue weighted by atomic mass is 16.5. The van der Waals surface area contributed by atoms with E-state index in [0.717, 1.165) is 44.2 Å². The fourth-order valence-corrected chi connectivity index (χ4v) is 10.8. The molecule has 212 valence electrons. The van der Waals surface area contributed by atoms with Crippen molar-refractivity contribution in [1.82, 2.24) is 9.97 Å². The molecule has 4 aliphatic carbocycles. The zero-order chi connectivity index (χ0) is 27.9. The SMILES string of the molecule is COc1ncc2c(n1)C(C)(C)[C@@H]1CC[C@]3(C)[C@H](C[C@@H](O)[C@@H]4[C@@H]([C@@](C)(O)CCC=C(C)C)CC[C@]43C)[C@@]1(C)C2. The number of rotatable bonds is 5. The molecule has 5 nitrogen and oxygen atoms in total. The van der Waals surface area contributed by atoms with E-state index in [1.54, 1.807) is 7.11 Å². The number of hydrogen-bond acceptors (Lipinski definition) is 5. The van der Waals surface area contributed by atoms with E-state index >= 15 is 0 Å². The predicted molar refractivity (Wildman–Crippen MR) is 152 cm³/mol. The Bertz CT molecular complexity index is 1110. The van der Waals surface area contributed by atoms with Gasteiger partial charge in [0.2, 0.25) is 0 Å². The van der Waals surface area contributed by atoms with Crippen LogP contribution in [-0.2, 0) is 11.8 Å². The molecule has 38 heavy (non-hydrogen) atoms. The summed E-state index contributed by atoms with van der Waals surface area (Å²) in [7, 11) is 1.64. The number of methoxy groups -OCH3 is 1. The highest BCUT2D eigenvalue weighted by molar-refractivity contribution is 5.35. The molecule has 0 saturated heterocycles. The van der Waals surface area contributed by atoms with Gasteiger partial charge in [0.25, 0.3) is 0 Å². The van der Waals surface area contributed by atoms with Crippen LogP contribution in [0.1, 0.15) is 112 Å². The van der Waals surface area contributed by atoms with E-state index in [4.69, 9.17) is 9.72 Å². The number of fused-ring (bicyclic) bond motifs is 6. The van der Waals surface area contributed by atoms with Crippen molar-refractivity contribution < 1.29 is 14.9 Å². The summed E-state index contributed by atoms with van der Waals surface area (Å²) in [5, 5.41) is 23.8. The first-order valence-corrected chi connectivity index (χ1v) is 15.1. The third-order valence-electron chi connectivity index (χ3n) is 12.7. The van der Waals surface area contributed by atoms with Gasteiger partial charge in [0, 0.05) is 11.6 Å². The third-order valence-corrected chi connectivity index (χ3v) is 12.7. The predicted octanol–water partition coefficient (Wildman–Crippen LogP) is 6.65. The van der Waals surface area contributed by atoms with Crippen molar-refractivity contribution in [1.29, 1.82) is 0 Å². The maximum atomic E-state index is 12.0. The van der Waals surface area contributed by atoms with Gasteiger partial charge in [0.05, 0.1) is 24.5 Å². The standard InChI is InChI=1S/C33H52N2O3/c1-20(2)11-10-14-33(8,37)22-12-15-32(7)26(22)23(36)17-25-30(5)18-21-19-34-28(38-9)35-27(21)29(3,4)24(30)13-16-31(25,32)6/h11,19,22-26,36-37H,10,12-18H2,1-9H3/t22-,23+,24-,25+,26-,30-,31+,32+,33-/m0/s1. The van der Waals surface area contributed by atoms with Gasteiger partial charge in [-0.05, 0) is 118 Å². The molecule has 1 aromatic rings. The lowest BCUT2D eigenvalue weighted by Gasteiger charge is -2.70. The van der Waals surface area contributed by atoms with Crippen LogP contribution in [0, 0.1) is 39.9 Å². The molecule has 4 aliphatic rings. The van der Waals surface area contributed by atoms with Gasteiger partial charge in [0.1, 0.15) is 0 Å². The number of nitrogens with zero attached hydrogens (tertiary/aromatic N) is 2. The normalized spacial score (nSPS) is 42.7. The smallest absolute Gasteiger partial charge is 0.316 e. The van der Waals surface area contributed by atoms with E-state index in [2.05, 4.69) is 59.5 Å². The average Bonchev–Trinajstić information content (AvgIpc) is 3.21. The number of ether oxygens (including phenoxy) is 1. The Kier molecular flexibility index (Phi) is 6.67. The zero-order valence-electron chi connectivity index (χ0n) is 25.4. The van der Waals surface area contributed by atoms with Crippen molar-refractivity contribution in [3.8, 4) is 6.01 Å². The molecular weight excluding hydrogens is 472 g/mol. The first-order chi connectivity index (χ1) is 17.6. The largest absolute Gasteiger partial charge is 0.467 e. The highest BCUT2D eigenvalue weighted by Crippen LogP contribution is 2.75. The molecule has 0 bridgehead atoms. The minimum absolute atomic E-state index is 0.00924. The Morgan fingerprint density at radius 3 is 2.45 bits per heavy atom. The Hall–Kier alpha value is -1.46. The van der Waals surface area contributed by atoms with Crippen LogP contribution in [0.4, 0.5) is 0 Å². The monoisotopic (exact) mass is 524 g/mol. The number of aromatic nitrogens is 2. The molecule has 3 saturated carbocycles. The van der Waals surface area contributed by atoms with Gasteiger partial charge in [0.15, 0.2) is 0 Å². The van der Waals surface area contributed by atoms with Crippen LogP contribution in [0.3, 0.4) is 0 Å². The van der Waals surface area contributed by atoms with Gasteiger partial charge in [-0.25, -0.2) is 4.98 Å². The molecule has 2 N–H and O–H groups in total. The van der Waals surface area contributed by atoms with Gasteiger partial charge in [-0.3, -0.25) is 0 Å². The van der Waals surface area contributed by atoms with E-state index in [9.17, 15) is 10.2 Å². The summed E-state index contributed by atoms with van der Waals surface area (Å²) in [4.78, 5) is 9.37. The third kappa shape index (κ3) is 3.84. The molecule has 0 aromatic carbocycles. The van der Waals surface area contributed by atoms with Crippen LogP contribution in [-0.4, -0.2) is 39.0 Å². The van der Waals surface area contributed by atoms with Crippen LogP contribution < -0.4 is 4.74 Å². The van der Waals surface area contributed by atoms with Crippen LogP contribution in [0.2, 0.25) is 0 Å². The second-order valence-corrected chi connectivity index (χ2v) is 15.3. The number of hydrogen-bond donors (Lipinski definition) is 2. The molecule has 5 heteroatoms. The van der Waals surface area contributed by atoms with E-state index in [-0.39, 0.29) is 39.6 Å². The summed E-state index contributed by atoms with van der Waals surface area (Å²) < 4.78 is 5.41. The lowest BCUT2D eigenvalue weighted by molar-refractivity contribution is -0.223. The minimum Gasteiger partial charge on any atom is -0.467 e. The Morgan fingerprint density at radius 2 is 1.79 bits per heavy atom. The van der Waals surface area contributed by atoms with Crippen molar-refractivity contribution in [2.24, 2.45) is 39.9 Å². The molecule has 9 atom stereocenters. The van der Waals surface area contributed by atoms with Gasteiger partial charge in [-0.1, -0.05) is 46.3 Å². The summed E-state index contributed by atoms with van der Waals surface area (Å²) in [5.41, 5.74) is 3.02. The number of aliphatic hydroxyl groups is 2. The van der Waals surface area contributed by atoms with Crippen molar-refractivity contribution in [3.05, 3.63) is 29.1 Å². The molecular formula is C33H52N2O3. The first kappa shape index (κ1) is 28.1. The van der Waals surface area contributed by atoms with Gasteiger partial charge >= 0.3 is 6.01 Å². The fourth-order valence-electron chi connectivity index (χ4n) is 10.8. The summed E-state index contributed by atoms with van der Waals surface area (Å²) in [5.74, 6) is 1.17. The lowest BCUT2D eigenvalue weighted by atomic mass is 9.35. The molecule has 1 heterocycles. The topological polar surface area (TPSA) is 75.5 Å². The molecule has 3 fully saturated rings. The maximum Gasteiger partial charge on any atom is 0.316 e. The fraction of sp³-hybridized carbons (Fsp3) is 0.818. The Balaban J connectivity index is 1.51. The van der Waals surface area contributed by atoms with Gasteiger partial charge in [-0.15, -0.1) is 0 Å². The van der Waals surface area contributed by atoms with Crippen LogP contribution in [0.5, 0.6) is 6.01 Å². The maximum absolute atomic E-state index is 12.0. The summed E-state index contributed by atoms with van der Waals surface area (Å²) >= 11 is 0. The van der Waals surface area contributed by atoms with E-state index in [1.807, 2.05) is 13.1 Å². The second-order valence-electron chi connectivity index (χ2n) is 15.3. The lowest BCUT2D eigenvalue weighted by Crippen LogP contribution is -2.66. The Morgan fingerprint density at radius 1 is 1.11 bits per heavy atom. The van der Waals surface area contributed by atoms with Crippen molar-refractivity contribution in [2.75, 3.05) is 7.11 Å². The van der Waals surface area contributed by atoms with Crippen molar-refractivity contribution in [3.63, 3.8) is 0 Å². The summed E-state index contributed by atoms with van der Waals surface area (Å²) in [6, 6.07) is 0.457.